The summed E-state index contributed by atoms with van der Waals surface area (Å²) < 4.78 is 5.48. The van der Waals surface area contributed by atoms with Crippen LogP contribution in [0.2, 0.25) is 0 Å². The van der Waals surface area contributed by atoms with E-state index in [1.807, 2.05) is 0 Å². The molecule has 0 radical (unpaired) electrons. The van der Waals surface area contributed by atoms with Gasteiger partial charge in [-0.15, -0.1) is 0 Å². The van der Waals surface area contributed by atoms with Crippen molar-refractivity contribution in [1.82, 2.24) is 4.90 Å². The highest BCUT2D eigenvalue weighted by Crippen LogP contribution is 2.33. The van der Waals surface area contributed by atoms with E-state index in [2.05, 4.69) is 25.8 Å². The zero-order valence-corrected chi connectivity index (χ0v) is 12.3. The van der Waals surface area contributed by atoms with Crippen LogP contribution in [0.15, 0.2) is 0 Å². The number of nitrogens with zero attached hydrogens (tertiary/aromatic N) is 1. The minimum Gasteiger partial charge on any atom is -0.380 e. The SMILES string of the molecule is CC(C)C1CCC(N)C(CN(C)C2CCOC2)C1. The van der Waals surface area contributed by atoms with E-state index in [1.165, 1.54) is 25.7 Å². The van der Waals surface area contributed by atoms with Crippen LogP contribution in [0.1, 0.15) is 39.5 Å². The first kappa shape index (κ1) is 14.3. The Bertz CT molecular complexity index is 251. The fraction of sp³-hybridized carbons (Fsp3) is 1.00. The van der Waals surface area contributed by atoms with Crippen LogP contribution in [-0.2, 0) is 4.74 Å². The molecule has 1 heterocycles. The van der Waals surface area contributed by atoms with Crippen molar-refractivity contribution in [3.63, 3.8) is 0 Å². The topological polar surface area (TPSA) is 38.5 Å². The summed E-state index contributed by atoms with van der Waals surface area (Å²) in [6, 6.07) is 1.03. The van der Waals surface area contributed by atoms with Crippen LogP contribution in [0.4, 0.5) is 0 Å². The van der Waals surface area contributed by atoms with Crippen molar-refractivity contribution in [3.05, 3.63) is 0 Å². The van der Waals surface area contributed by atoms with E-state index in [-0.39, 0.29) is 0 Å². The standard InChI is InChI=1S/C15H30N2O/c1-11(2)12-4-5-15(16)13(8-12)9-17(3)14-6-7-18-10-14/h11-15H,4-10,16H2,1-3H3. The molecule has 1 saturated carbocycles. The molecule has 3 heteroatoms. The molecule has 2 N–H and O–H groups in total. The monoisotopic (exact) mass is 254 g/mol. The van der Waals surface area contributed by atoms with Gasteiger partial charge < -0.3 is 15.4 Å². The number of rotatable bonds is 4. The van der Waals surface area contributed by atoms with Crippen LogP contribution in [0.25, 0.3) is 0 Å². The van der Waals surface area contributed by atoms with Crippen LogP contribution in [-0.4, -0.2) is 43.8 Å². The highest BCUT2D eigenvalue weighted by atomic mass is 16.5. The van der Waals surface area contributed by atoms with Crippen LogP contribution in [0.5, 0.6) is 0 Å². The molecule has 106 valence electrons. The third-order valence-corrected chi connectivity index (χ3v) is 5.08. The van der Waals surface area contributed by atoms with Crippen LogP contribution < -0.4 is 5.73 Å². The Labute approximate surface area is 112 Å². The maximum absolute atomic E-state index is 6.33. The fourth-order valence-corrected chi connectivity index (χ4v) is 3.53. The highest BCUT2D eigenvalue weighted by molar-refractivity contribution is 4.86. The van der Waals surface area contributed by atoms with Gasteiger partial charge in [0, 0.05) is 25.2 Å². The summed E-state index contributed by atoms with van der Waals surface area (Å²) in [4.78, 5) is 2.49. The summed E-state index contributed by atoms with van der Waals surface area (Å²) in [5.41, 5.74) is 6.33. The maximum Gasteiger partial charge on any atom is 0.0622 e. The first-order chi connectivity index (χ1) is 8.58. The van der Waals surface area contributed by atoms with Crippen molar-refractivity contribution >= 4 is 0 Å². The van der Waals surface area contributed by atoms with Crippen molar-refractivity contribution in [2.75, 3.05) is 26.8 Å². The van der Waals surface area contributed by atoms with Gasteiger partial charge in [0.2, 0.25) is 0 Å². The highest BCUT2D eigenvalue weighted by Gasteiger charge is 2.32. The number of likely N-dealkylation sites (N-methyl/N-ethyl adjacent to an activating group) is 1. The molecule has 0 amide bonds. The normalized spacial score (nSPS) is 37.7. The fourth-order valence-electron chi connectivity index (χ4n) is 3.53. The summed E-state index contributed by atoms with van der Waals surface area (Å²) in [7, 11) is 2.24. The van der Waals surface area contributed by atoms with Gasteiger partial charge in [-0.3, -0.25) is 0 Å². The zero-order chi connectivity index (χ0) is 13.1. The number of nitrogens with two attached hydrogens (primary N) is 1. The second kappa shape index (κ2) is 6.36. The molecular weight excluding hydrogens is 224 g/mol. The minimum absolute atomic E-state index is 0.407. The van der Waals surface area contributed by atoms with E-state index in [9.17, 15) is 0 Å². The molecule has 0 bridgehead atoms. The van der Waals surface area contributed by atoms with Crippen LogP contribution >= 0.6 is 0 Å². The molecule has 2 fully saturated rings. The van der Waals surface area contributed by atoms with E-state index in [4.69, 9.17) is 10.5 Å². The van der Waals surface area contributed by atoms with Crippen LogP contribution in [0, 0.1) is 17.8 Å². The van der Waals surface area contributed by atoms with E-state index in [0.29, 0.717) is 18.0 Å². The third kappa shape index (κ3) is 3.46. The summed E-state index contributed by atoms with van der Waals surface area (Å²) in [5, 5.41) is 0. The molecule has 4 unspecified atom stereocenters. The average molecular weight is 254 g/mol. The van der Waals surface area contributed by atoms with E-state index < -0.39 is 0 Å². The van der Waals surface area contributed by atoms with Crippen molar-refractivity contribution in [1.29, 1.82) is 0 Å². The van der Waals surface area contributed by atoms with Crippen molar-refractivity contribution in [2.45, 2.75) is 51.6 Å². The Balaban J connectivity index is 1.85. The zero-order valence-electron chi connectivity index (χ0n) is 12.3. The molecule has 0 aromatic carbocycles. The molecule has 2 aliphatic rings. The van der Waals surface area contributed by atoms with Crippen molar-refractivity contribution in [2.24, 2.45) is 23.5 Å². The van der Waals surface area contributed by atoms with E-state index in [0.717, 1.165) is 31.6 Å². The molecule has 1 aliphatic carbocycles. The molecule has 0 aromatic rings. The largest absolute Gasteiger partial charge is 0.380 e. The number of hydrogen-bond donors (Lipinski definition) is 1. The molecule has 2 rings (SSSR count). The summed E-state index contributed by atoms with van der Waals surface area (Å²) in [5.74, 6) is 2.36. The van der Waals surface area contributed by atoms with Gasteiger partial charge in [0.15, 0.2) is 0 Å². The molecule has 3 nitrogen and oxygen atoms in total. The van der Waals surface area contributed by atoms with Gasteiger partial charge >= 0.3 is 0 Å². The number of hydrogen-bond acceptors (Lipinski definition) is 3. The van der Waals surface area contributed by atoms with Gasteiger partial charge in [0.25, 0.3) is 0 Å². The molecule has 4 atom stereocenters. The van der Waals surface area contributed by atoms with Crippen LogP contribution in [0.3, 0.4) is 0 Å². The molecule has 0 spiro atoms. The molecule has 1 saturated heterocycles. The van der Waals surface area contributed by atoms with Crippen molar-refractivity contribution < 1.29 is 4.74 Å². The second-order valence-electron chi connectivity index (χ2n) is 6.70. The van der Waals surface area contributed by atoms with Gasteiger partial charge in [-0.2, -0.15) is 0 Å². The second-order valence-corrected chi connectivity index (χ2v) is 6.70. The Morgan fingerprint density at radius 1 is 1.28 bits per heavy atom. The van der Waals surface area contributed by atoms with Gasteiger partial charge in [-0.25, -0.2) is 0 Å². The van der Waals surface area contributed by atoms with Gasteiger partial charge in [0.1, 0.15) is 0 Å². The smallest absolute Gasteiger partial charge is 0.0622 e. The lowest BCUT2D eigenvalue weighted by atomic mass is 9.73. The first-order valence-corrected chi connectivity index (χ1v) is 7.61. The lowest BCUT2D eigenvalue weighted by Gasteiger charge is -2.39. The Morgan fingerprint density at radius 2 is 2.06 bits per heavy atom. The van der Waals surface area contributed by atoms with Gasteiger partial charge in [0.05, 0.1) is 6.61 Å². The summed E-state index contributed by atoms with van der Waals surface area (Å²) in [6.07, 6.45) is 5.04. The lowest BCUT2D eigenvalue weighted by molar-refractivity contribution is 0.114. The van der Waals surface area contributed by atoms with Crippen molar-refractivity contribution in [3.8, 4) is 0 Å². The lowest BCUT2D eigenvalue weighted by Crippen LogP contribution is -2.45. The predicted molar refractivity (Wildman–Crippen MR) is 75.5 cm³/mol. The molecule has 0 aromatic heterocycles. The first-order valence-electron chi connectivity index (χ1n) is 7.61. The third-order valence-electron chi connectivity index (χ3n) is 5.08. The number of ether oxygens (including phenoxy) is 1. The quantitative estimate of drug-likeness (QED) is 0.835. The van der Waals surface area contributed by atoms with E-state index in [1.54, 1.807) is 0 Å². The Kier molecular flexibility index (Phi) is 5.05. The van der Waals surface area contributed by atoms with Gasteiger partial charge in [-0.1, -0.05) is 13.8 Å². The Hall–Kier alpha value is -0.120. The summed E-state index contributed by atoms with van der Waals surface area (Å²) in [6.45, 7) is 7.70. The minimum atomic E-state index is 0.407. The maximum atomic E-state index is 6.33. The summed E-state index contributed by atoms with van der Waals surface area (Å²) >= 11 is 0. The predicted octanol–water partition coefficient (Wildman–Crippen LogP) is 2.11. The molecular formula is C15H30N2O. The van der Waals surface area contributed by atoms with E-state index >= 15 is 0 Å². The van der Waals surface area contributed by atoms with Gasteiger partial charge in [-0.05, 0) is 50.5 Å². The molecule has 1 aliphatic heterocycles. The Morgan fingerprint density at radius 3 is 2.67 bits per heavy atom. The molecule has 18 heavy (non-hydrogen) atoms. The average Bonchev–Trinajstić information content (AvgIpc) is 2.85.